The van der Waals surface area contributed by atoms with E-state index in [4.69, 9.17) is 0 Å². The number of hydrogen-bond donors (Lipinski definition) is 1. The van der Waals surface area contributed by atoms with E-state index in [2.05, 4.69) is 10.3 Å². The molecule has 0 saturated heterocycles. The number of nitrogens with one attached hydrogen (secondary N) is 1. The normalized spacial score (nSPS) is 12.0. The fraction of sp³-hybridized carbons (Fsp3) is 0.318. The molecule has 0 saturated carbocycles. The van der Waals surface area contributed by atoms with Crippen molar-refractivity contribution < 1.29 is 13.2 Å². The fourth-order valence-electron chi connectivity index (χ4n) is 2.97. The highest BCUT2D eigenvalue weighted by Gasteiger charge is 2.22. The van der Waals surface area contributed by atoms with Crippen LogP contribution in [0.2, 0.25) is 0 Å². The Morgan fingerprint density at radius 2 is 1.84 bits per heavy atom. The van der Waals surface area contributed by atoms with Crippen LogP contribution in [-0.2, 0) is 21.9 Å². The van der Waals surface area contributed by atoms with Crippen molar-refractivity contribution in [3.8, 4) is 0 Å². The molecule has 1 amide bonds. The number of hydrogen-bond acceptors (Lipinski definition) is 6. The lowest BCUT2D eigenvalue weighted by molar-refractivity contribution is -0.113. The number of aryl methyl sites for hydroxylation is 1. The maximum atomic E-state index is 12.6. The summed E-state index contributed by atoms with van der Waals surface area (Å²) in [4.78, 5) is 29.7. The number of benzene rings is 2. The van der Waals surface area contributed by atoms with Crippen LogP contribution in [0.15, 0.2) is 57.3 Å². The van der Waals surface area contributed by atoms with Crippen LogP contribution in [0.5, 0.6) is 0 Å². The third-order valence-electron chi connectivity index (χ3n) is 5.06. The number of nitrogens with zero attached hydrogens (tertiary/aromatic N) is 3. The average Bonchev–Trinajstić information content (AvgIpc) is 2.75. The van der Waals surface area contributed by atoms with Gasteiger partial charge in [0.2, 0.25) is 15.9 Å². The van der Waals surface area contributed by atoms with Crippen molar-refractivity contribution in [2.45, 2.75) is 36.9 Å². The lowest BCUT2D eigenvalue weighted by Gasteiger charge is -2.21. The smallest absolute Gasteiger partial charge is 0.261 e. The molecule has 0 fully saturated rings. The van der Waals surface area contributed by atoms with E-state index in [9.17, 15) is 18.0 Å². The Hall–Kier alpha value is -2.69. The Kier molecular flexibility index (Phi) is 7.06. The van der Waals surface area contributed by atoms with Gasteiger partial charge in [-0.3, -0.25) is 14.2 Å². The van der Waals surface area contributed by atoms with Gasteiger partial charge in [-0.2, -0.15) is 4.31 Å². The highest BCUT2D eigenvalue weighted by molar-refractivity contribution is 7.99. The Bertz CT molecular complexity index is 1320. The SMILES string of the molecule is Cc1ccc2nc(SCC(=O)Nc3ccc(S(=O)(=O)N(C)C(C)C)cc3)n(C)c(=O)c2c1. The highest BCUT2D eigenvalue weighted by Crippen LogP contribution is 2.21. The average molecular weight is 475 g/mol. The van der Waals surface area contributed by atoms with Crippen molar-refractivity contribution in [2.24, 2.45) is 7.05 Å². The molecule has 0 radical (unpaired) electrons. The van der Waals surface area contributed by atoms with Gasteiger partial charge in [0, 0.05) is 25.8 Å². The van der Waals surface area contributed by atoms with Crippen molar-refractivity contribution in [3.63, 3.8) is 0 Å². The third-order valence-corrected chi connectivity index (χ3v) is 8.14. The Balaban J connectivity index is 1.69. The molecule has 0 aliphatic carbocycles. The molecule has 1 N–H and O–H groups in total. The fourth-order valence-corrected chi connectivity index (χ4v) is 5.11. The lowest BCUT2D eigenvalue weighted by Crippen LogP contribution is -2.33. The van der Waals surface area contributed by atoms with E-state index in [-0.39, 0.29) is 28.2 Å². The van der Waals surface area contributed by atoms with Crippen molar-refractivity contribution >= 4 is 44.3 Å². The molecule has 10 heteroatoms. The van der Waals surface area contributed by atoms with Crippen molar-refractivity contribution in [1.29, 1.82) is 0 Å². The van der Waals surface area contributed by atoms with Crippen LogP contribution in [0, 0.1) is 6.92 Å². The maximum Gasteiger partial charge on any atom is 0.261 e. The van der Waals surface area contributed by atoms with Gasteiger partial charge in [0.1, 0.15) is 0 Å². The van der Waals surface area contributed by atoms with Crippen LogP contribution in [-0.4, -0.2) is 47.0 Å². The van der Waals surface area contributed by atoms with Gasteiger partial charge >= 0.3 is 0 Å². The minimum Gasteiger partial charge on any atom is -0.325 e. The molecular weight excluding hydrogens is 448 g/mol. The van der Waals surface area contributed by atoms with E-state index < -0.39 is 10.0 Å². The summed E-state index contributed by atoms with van der Waals surface area (Å²) < 4.78 is 27.8. The molecule has 0 aliphatic rings. The summed E-state index contributed by atoms with van der Waals surface area (Å²) in [6.45, 7) is 5.51. The topological polar surface area (TPSA) is 101 Å². The van der Waals surface area contributed by atoms with E-state index in [1.54, 1.807) is 45.2 Å². The van der Waals surface area contributed by atoms with E-state index in [0.29, 0.717) is 21.7 Å². The molecule has 8 nitrogen and oxygen atoms in total. The molecule has 1 heterocycles. The van der Waals surface area contributed by atoms with E-state index in [0.717, 1.165) is 17.3 Å². The van der Waals surface area contributed by atoms with E-state index in [1.807, 2.05) is 13.0 Å². The van der Waals surface area contributed by atoms with E-state index >= 15 is 0 Å². The van der Waals surface area contributed by atoms with Crippen molar-refractivity contribution in [1.82, 2.24) is 13.9 Å². The number of amides is 1. The summed E-state index contributed by atoms with van der Waals surface area (Å²) in [5.41, 5.74) is 1.89. The molecule has 3 aromatic rings. The second kappa shape index (κ2) is 9.43. The quantitative estimate of drug-likeness (QED) is 0.417. The Morgan fingerprint density at radius 3 is 2.47 bits per heavy atom. The number of carbonyl (C=O) groups is 1. The van der Waals surface area contributed by atoms with Gasteiger partial charge in [0.25, 0.3) is 5.56 Å². The summed E-state index contributed by atoms with van der Waals surface area (Å²) in [5, 5.41) is 3.72. The number of rotatable bonds is 7. The predicted octanol–water partition coefficient (Wildman–Crippen LogP) is 3.00. The first-order chi connectivity index (χ1) is 15.0. The van der Waals surface area contributed by atoms with Gasteiger partial charge < -0.3 is 5.32 Å². The molecular formula is C22H26N4O4S2. The molecule has 0 spiro atoms. The summed E-state index contributed by atoms with van der Waals surface area (Å²) in [5.74, 6) is -0.239. The lowest BCUT2D eigenvalue weighted by atomic mass is 10.2. The zero-order valence-corrected chi connectivity index (χ0v) is 20.3. The maximum absolute atomic E-state index is 12.6. The highest BCUT2D eigenvalue weighted by atomic mass is 32.2. The van der Waals surface area contributed by atoms with Gasteiger partial charge in [-0.25, -0.2) is 13.4 Å². The molecule has 0 unspecified atom stereocenters. The number of fused-ring (bicyclic) bond motifs is 1. The second-order valence-electron chi connectivity index (χ2n) is 7.76. The van der Waals surface area contributed by atoms with Gasteiger partial charge in [-0.05, 0) is 57.2 Å². The first-order valence-corrected chi connectivity index (χ1v) is 12.4. The molecule has 170 valence electrons. The van der Waals surface area contributed by atoms with Crippen LogP contribution in [0.4, 0.5) is 5.69 Å². The monoisotopic (exact) mass is 474 g/mol. The number of carbonyl (C=O) groups excluding carboxylic acids is 1. The van der Waals surface area contributed by atoms with Crippen LogP contribution in [0.1, 0.15) is 19.4 Å². The van der Waals surface area contributed by atoms with Crippen LogP contribution < -0.4 is 10.9 Å². The largest absolute Gasteiger partial charge is 0.325 e. The van der Waals surface area contributed by atoms with Gasteiger partial charge in [-0.15, -0.1) is 0 Å². The Morgan fingerprint density at radius 1 is 1.19 bits per heavy atom. The minimum atomic E-state index is -3.58. The van der Waals surface area contributed by atoms with Crippen molar-refractivity contribution in [2.75, 3.05) is 18.1 Å². The van der Waals surface area contributed by atoms with Crippen LogP contribution >= 0.6 is 11.8 Å². The molecule has 3 rings (SSSR count). The summed E-state index contributed by atoms with van der Waals surface area (Å²) in [7, 11) is -0.424. The van der Waals surface area contributed by atoms with E-state index in [1.165, 1.54) is 28.1 Å². The third kappa shape index (κ3) is 5.03. The standard InChI is InChI=1S/C22H26N4O4S2/c1-14(2)26(5)32(29,30)17-9-7-16(8-10-17)23-20(27)13-31-22-24-19-11-6-15(3)12-18(19)21(28)25(22)4/h6-12,14H,13H2,1-5H3,(H,23,27). The van der Waals surface area contributed by atoms with Crippen LogP contribution in [0.25, 0.3) is 10.9 Å². The number of thioether (sulfide) groups is 1. The molecule has 0 aliphatic heterocycles. The van der Waals surface area contributed by atoms with Gasteiger partial charge in [-0.1, -0.05) is 23.4 Å². The molecule has 0 bridgehead atoms. The molecule has 1 aromatic heterocycles. The zero-order valence-electron chi connectivity index (χ0n) is 18.6. The molecule has 2 aromatic carbocycles. The van der Waals surface area contributed by atoms with Crippen molar-refractivity contribution in [3.05, 3.63) is 58.4 Å². The van der Waals surface area contributed by atoms with Crippen LogP contribution in [0.3, 0.4) is 0 Å². The van der Waals surface area contributed by atoms with Gasteiger partial charge in [0.05, 0.1) is 21.6 Å². The predicted molar refractivity (Wildman–Crippen MR) is 128 cm³/mol. The summed E-state index contributed by atoms with van der Waals surface area (Å²) >= 11 is 1.16. The summed E-state index contributed by atoms with van der Waals surface area (Å²) in [6, 6.07) is 11.4. The Labute approximate surface area is 191 Å². The van der Waals surface area contributed by atoms with Gasteiger partial charge in [0.15, 0.2) is 5.16 Å². The molecule has 32 heavy (non-hydrogen) atoms. The molecule has 0 atom stereocenters. The minimum absolute atomic E-state index is 0.0494. The number of sulfonamides is 1. The number of aromatic nitrogens is 2. The first-order valence-electron chi connectivity index (χ1n) is 9.99. The summed E-state index contributed by atoms with van der Waals surface area (Å²) in [6.07, 6.45) is 0. The zero-order chi connectivity index (χ0) is 23.6. The first kappa shape index (κ1) is 24.0. The number of anilines is 1. The second-order valence-corrected chi connectivity index (χ2v) is 10.7.